The first-order chi connectivity index (χ1) is 8.20. The van der Waals surface area contributed by atoms with Gasteiger partial charge >= 0.3 is 0 Å². The van der Waals surface area contributed by atoms with Crippen LogP contribution < -0.4 is 5.73 Å². The fourth-order valence-electron chi connectivity index (χ4n) is 1.97. The van der Waals surface area contributed by atoms with E-state index in [-0.39, 0.29) is 0 Å². The lowest BCUT2D eigenvalue weighted by Crippen LogP contribution is -2.45. The van der Waals surface area contributed by atoms with Gasteiger partial charge in [-0.1, -0.05) is 0 Å². The highest BCUT2D eigenvalue weighted by molar-refractivity contribution is 5.78. The Morgan fingerprint density at radius 1 is 1.24 bits per heavy atom. The van der Waals surface area contributed by atoms with E-state index in [4.69, 9.17) is 19.9 Å². The zero-order valence-electron chi connectivity index (χ0n) is 10.4. The minimum atomic E-state index is -0.477. The second-order valence-electron chi connectivity index (χ2n) is 4.42. The van der Waals surface area contributed by atoms with Crippen molar-refractivity contribution >= 4 is 5.96 Å². The molecule has 0 radical (unpaired) electrons. The second kappa shape index (κ2) is 5.66. The summed E-state index contributed by atoms with van der Waals surface area (Å²) in [6, 6.07) is 0. The van der Waals surface area contributed by atoms with Gasteiger partial charge in [0.05, 0.1) is 26.4 Å². The quantitative estimate of drug-likeness (QED) is 0.548. The summed E-state index contributed by atoms with van der Waals surface area (Å²) >= 11 is 0. The first kappa shape index (κ1) is 12.6. The van der Waals surface area contributed by atoms with Gasteiger partial charge in [0.2, 0.25) is 0 Å². The molecule has 0 bridgehead atoms. The zero-order valence-corrected chi connectivity index (χ0v) is 10.4. The summed E-state index contributed by atoms with van der Waals surface area (Å²) in [6.45, 7) is 6.98. The number of aliphatic imine (C=N–C) groups is 1. The fraction of sp³-hybridized carbons (Fsp3) is 0.909. The molecule has 0 aromatic heterocycles. The van der Waals surface area contributed by atoms with Crippen LogP contribution in [-0.2, 0) is 14.2 Å². The van der Waals surface area contributed by atoms with Crippen molar-refractivity contribution in [3.63, 3.8) is 0 Å². The monoisotopic (exact) mass is 243 g/mol. The number of rotatable bonds is 3. The number of nitrogens with zero attached hydrogens (tertiary/aromatic N) is 2. The molecular formula is C11H21N3O3. The predicted molar refractivity (Wildman–Crippen MR) is 63.8 cm³/mol. The molecule has 2 aliphatic rings. The maximum Gasteiger partial charge on any atom is 0.191 e. The molecule has 2 N–H and O–H groups in total. The summed E-state index contributed by atoms with van der Waals surface area (Å²) in [6.07, 6.45) is 0.734. The number of hydrogen-bond donors (Lipinski definition) is 1. The number of hydrogen-bond acceptors (Lipinski definition) is 4. The van der Waals surface area contributed by atoms with Crippen LogP contribution in [0.15, 0.2) is 4.99 Å². The minimum absolute atomic E-state index is 0.477. The lowest BCUT2D eigenvalue weighted by molar-refractivity contribution is -0.144. The van der Waals surface area contributed by atoms with E-state index in [0.29, 0.717) is 25.7 Å². The van der Waals surface area contributed by atoms with Crippen molar-refractivity contribution in [2.45, 2.75) is 19.1 Å². The van der Waals surface area contributed by atoms with E-state index < -0.39 is 5.79 Å². The maximum absolute atomic E-state index is 5.92. The molecule has 0 aliphatic carbocycles. The van der Waals surface area contributed by atoms with Gasteiger partial charge in [0.15, 0.2) is 11.7 Å². The maximum atomic E-state index is 5.92. The Balaban J connectivity index is 1.75. The third-order valence-corrected chi connectivity index (χ3v) is 3.07. The van der Waals surface area contributed by atoms with Gasteiger partial charge in [-0.15, -0.1) is 0 Å². The average Bonchev–Trinajstić information content (AvgIpc) is 2.77. The van der Waals surface area contributed by atoms with E-state index in [0.717, 1.165) is 32.7 Å². The molecule has 0 spiro atoms. The zero-order chi connectivity index (χ0) is 12.1. The first-order valence-corrected chi connectivity index (χ1v) is 6.10. The fourth-order valence-corrected chi connectivity index (χ4v) is 1.97. The van der Waals surface area contributed by atoms with Gasteiger partial charge in [0.1, 0.15) is 0 Å². The van der Waals surface area contributed by atoms with Crippen LogP contribution in [0, 0.1) is 0 Å². The Morgan fingerprint density at radius 3 is 2.53 bits per heavy atom. The van der Waals surface area contributed by atoms with Crippen LogP contribution in [0.2, 0.25) is 0 Å². The van der Waals surface area contributed by atoms with E-state index in [9.17, 15) is 0 Å². The molecule has 2 heterocycles. The molecule has 2 fully saturated rings. The highest BCUT2D eigenvalue weighted by Gasteiger charge is 2.30. The van der Waals surface area contributed by atoms with Gasteiger partial charge in [-0.2, -0.15) is 0 Å². The summed E-state index contributed by atoms with van der Waals surface area (Å²) < 4.78 is 16.3. The summed E-state index contributed by atoms with van der Waals surface area (Å²) in [5.74, 6) is 0.115. The van der Waals surface area contributed by atoms with Crippen LogP contribution in [-0.4, -0.2) is 62.7 Å². The van der Waals surface area contributed by atoms with Crippen LogP contribution in [0.4, 0.5) is 0 Å². The topological polar surface area (TPSA) is 69.3 Å². The molecule has 98 valence electrons. The van der Waals surface area contributed by atoms with Gasteiger partial charge in [0.25, 0.3) is 0 Å². The second-order valence-corrected chi connectivity index (χ2v) is 4.42. The molecule has 6 heteroatoms. The summed E-state index contributed by atoms with van der Waals surface area (Å²) in [5.41, 5.74) is 5.92. The molecule has 0 atom stereocenters. The van der Waals surface area contributed by atoms with Crippen LogP contribution in [0.3, 0.4) is 0 Å². The Morgan fingerprint density at radius 2 is 1.88 bits per heavy atom. The predicted octanol–water partition coefficient (Wildman–Crippen LogP) is -0.214. The lowest BCUT2D eigenvalue weighted by Gasteiger charge is -2.28. The molecule has 6 nitrogen and oxygen atoms in total. The van der Waals surface area contributed by atoms with E-state index in [1.807, 2.05) is 11.8 Å². The minimum Gasteiger partial charge on any atom is -0.378 e. The number of guanidine groups is 1. The molecule has 2 rings (SSSR count). The van der Waals surface area contributed by atoms with Crippen LogP contribution in [0.5, 0.6) is 0 Å². The van der Waals surface area contributed by atoms with Crippen molar-refractivity contribution in [3.05, 3.63) is 0 Å². The molecule has 0 saturated carbocycles. The van der Waals surface area contributed by atoms with Crippen molar-refractivity contribution < 1.29 is 14.2 Å². The highest BCUT2D eigenvalue weighted by atomic mass is 16.7. The largest absolute Gasteiger partial charge is 0.378 e. The molecule has 0 aromatic rings. The Bertz CT molecular complexity index is 271. The van der Waals surface area contributed by atoms with Gasteiger partial charge in [-0.25, -0.2) is 0 Å². The molecule has 17 heavy (non-hydrogen) atoms. The third-order valence-electron chi connectivity index (χ3n) is 3.07. The smallest absolute Gasteiger partial charge is 0.191 e. The Hall–Kier alpha value is -0.850. The Kier molecular flexibility index (Phi) is 4.20. The molecule has 0 aromatic carbocycles. The summed E-state index contributed by atoms with van der Waals surface area (Å²) in [7, 11) is 0. The van der Waals surface area contributed by atoms with E-state index in [2.05, 4.69) is 4.99 Å². The third kappa shape index (κ3) is 3.55. The summed E-state index contributed by atoms with van der Waals surface area (Å²) in [5, 5.41) is 0. The van der Waals surface area contributed by atoms with Crippen molar-refractivity contribution in [3.8, 4) is 0 Å². The Labute approximate surface area is 102 Å². The average molecular weight is 243 g/mol. The van der Waals surface area contributed by atoms with Gasteiger partial charge in [-0.3, -0.25) is 4.99 Å². The number of nitrogens with two attached hydrogens (primary N) is 1. The van der Waals surface area contributed by atoms with Gasteiger partial charge < -0.3 is 24.8 Å². The highest BCUT2D eigenvalue weighted by Crippen LogP contribution is 2.22. The van der Waals surface area contributed by atoms with Crippen molar-refractivity contribution in [1.82, 2.24) is 4.90 Å². The molecule has 2 saturated heterocycles. The number of ether oxygens (including phenoxy) is 3. The van der Waals surface area contributed by atoms with Crippen LogP contribution in [0.1, 0.15) is 13.3 Å². The van der Waals surface area contributed by atoms with Crippen LogP contribution >= 0.6 is 0 Å². The van der Waals surface area contributed by atoms with Gasteiger partial charge in [-0.05, 0) is 6.92 Å². The van der Waals surface area contributed by atoms with Crippen LogP contribution in [0.25, 0.3) is 0 Å². The standard InChI is InChI=1S/C11H21N3O3/c1-11(16-8-9-17-11)2-3-13-10(12)14-4-6-15-7-5-14/h2-9H2,1H3,(H2,12,13). The van der Waals surface area contributed by atoms with Crippen molar-refractivity contribution in [2.75, 3.05) is 46.1 Å². The normalized spacial score (nSPS) is 25.2. The van der Waals surface area contributed by atoms with E-state index >= 15 is 0 Å². The van der Waals surface area contributed by atoms with Crippen molar-refractivity contribution in [2.24, 2.45) is 10.7 Å². The number of morpholine rings is 1. The SMILES string of the molecule is CC1(CCN=C(N)N2CCOCC2)OCCO1. The van der Waals surface area contributed by atoms with Crippen molar-refractivity contribution in [1.29, 1.82) is 0 Å². The lowest BCUT2D eigenvalue weighted by atomic mass is 10.2. The molecular weight excluding hydrogens is 222 g/mol. The van der Waals surface area contributed by atoms with Gasteiger partial charge in [0, 0.05) is 26.1 Å². The molecule has 0 unspecified atom stereocenters. The molecule has 2 aliphatic heterocycles. The molecule has 0 amide bonds. The van der Waals surface area contributed by atoms with E-state index in [1.54, 1.807) is 0 Å². The first-order valence-electron chi connectivity index (χ1n) is 6.10. The summed E-state index contributed by atoms with van der Waals surface area (Å²) in [4.78, 5) is 6.41. The van der Waals surface area contributed by atoms with E-state index in [1.165, 1.54) is 0 Å².